The van der Waals surface area contributed by atoms with Crippen molar-refractivity contribution in [2.24, 2.45) is 52.7 Å². The Labute approximate surface area is 256 Å². The van der Waals surface area contributed by atoms with Gasteiger partial charge < -0.3 is 4.84 Å². The van der Waals surface area contributed by atoms with E-state index in [0.717, 1.165) is 19.3 Å². The van der Waals surface area contributed by atoms with Gasteiger partial charge in [0.1, 0.15) is 6.10 Å². The molecule has 9 fully saturated rings. The molecule has 0 amide bonds. The van der Waals surface area contributed by atoms with E-state index in [9.17, 15) is 4.91 Å². The fourth-order valence-corrected chi connectivity index (χ4v) is 12.2. The van der Waals surface area contributed by atoms with Crippen LogP contribution >= 0.6 is 0 Å². The van der Waals surface area contributed by atoms with Gasteiger partial charge in [-0.15, -0.1) is 4.91 Å². The zero-order valence-electron chi connectivity index (χ0n) is 25.7. The van der Waals surface area contributed by atoms with E-state index in [2.05, 4.69) is 47.9 Å². The van der Waals surface area contributed by atoms with Crippen molar-refractivity contribution < 1.29 is 4.84 Å². The maximum absolute atomic E-state index is 11.4. The minimum Gasteiger partial charge on any atom is -0.360 e. The molecule has 8 bridgehead atoms. The van der Waals surface area contributed by atoms with Crippen molar-refractivity contribution in [1.29, 1.82) is 0 Å². The summed E-state index contributed by atoms with van der Waals surface area (Å²) in [5.74, 6) is 4.55. The summed E-state index contributed by atoms with van der Waals surface area (Å²) in [6, 6.07) is 0. The molecule has 11 heteroatoms. The number of nitrogens with one attached hydrogen (secondary N) is 8. The van der Waals surface area contributed by atoms with E-state index in [1.165, 1.54) is 77.0 Å². The van der Waals surface area contributed by atoms with Gasteiger partial charge in [0.25, 0.3) is 0 Å². The Hall–Kier alpha value is -0.920. The maximum atomic E-state index is 11.4. The van der Waals surface area contributed by atoms with Crippen LogP contribution in [0.15, 0.2) is 5.34 Å². The summed E-state index contributed by atoms with van der Waals surface area (Å²) in [4.78, 5) is 17.0. The fraction of sp³-hybridized carbons (Fsp3) is 1.00. The Morgan fingerprint density at radius 3 is 1.02 bits per heavy atom. The van der Waals surface area contributed by atoms with E-state index in [1.807, 2.05) is 0 Å². The van der Waals surface area contributed by atoms with Crippen LogP contribution in [0, 0.1) is 52.3 Å². The molecule has 4 aliphatic carbocycles. The van der Waals surface area contributed by atoms with Crippen LogP contribution in [0.25, 0.3) is 0 Å². The maximum Gasteiger partial charge on any atom is 0.155 e. The highest BCUT2D eigenvalue weighted by Crippen LogP contribution is 2.46. The van der Waals surface area contributed by atoms with Crippen molar-refractivity contribution in [1.82, 2.24) is 42.5 Å². The Balaban J connectivity index is 1.06. The van der Waals surface area contributed by atoms with Crippen molar-refractivity contribution in [2.45, 2.75) is 152 Å². The van der Waals surface area contributed by atoms with Crippen LogP contribution in [-0.2, 0) is 4.84 Å². The van der Waals surface area contributed by atoms with Crippen LogP contribution in [0.2, 0.25) is 0 Å². The highest BCUT2D eigenvalue weighted by atomic mass is 16.7. The average molecular weight is 598 g/mol. The molecule has 9 rings (SSSR count). The molecule has 11 nitrogen and oxygen atoms in total. The predicted molar refractivity (Wildman–Crippen MR) is 163 cm³/mol. The predicted octanol–water partition coefficient (Wildman–Crippen LogP) is 2.28. The van der Waals surface area contributed by atoms with Crippen molar-refractivity contribution in [3.8, 4) is 0 Å². The van der Waals surface area contributed by atoms with E-state index in [-0.39, 0.29) is 36.7 Å². The largest absolute Gasteiger partial charge is 0.360 e. The smallest absolute Gasteiger partial charge is 0.155 e. The van der Waals surface area contributed by atoms with E-state index >= 15 is 0 Å². The zero-order chi connectivity index (χ0) is 28.5. The summed E-state index contributed by atoms with van der Waals surface area (Å²) in [5, 5.41) is 36.1. The molecule has 240 valence electrons. The van der Waals surface area contributed by atoms with Gasteiger partial charge >= 0.3 is 0 Å². The second kappa shape index (κ2) is 11.7. The molecule has 5 heterocycles. The molecule has 0 radical (unpaired) electrons. The first-order valence-corrected chi connectivity index (χ1v) is 18.3. The molecular formula is C32H55N9O2. The molecular weight excluding hydrogens is 542 g/mol. The lowest BCUT2D eigenvalue weighted by Gasteiger charge is -2.37. The Bertz CT molecular complexity index is 1020. The van der Waals surface area contributed by atoms with E-state index in [0.29, 0.717) is 66.1 Å². The van der Waals surface area contributed by atoms with Crippen LogP contribution in [-0.4, -0.2) is 55.4 Å². The van der Waals surface area contributed by atoms with Crippen molar-refractivity contribution >= 4 is 0 Å². The molecule has 9 aliphatic rings. The first kappa shape index (κ1) is 28.3. The second-order valence-corrected chi connectivity index (χ2v) is 15.9. The summed E-state index contributed by atoms with van der Waals surface area (Å²) < 4.78 is 0. The third-order valence-corrected chi connectivity index (χ3v) is 14.0. The third-order valence-electron chi connectivity index (χ3n) is 14.0. The standard InChI is InChI=1S/C32H55N9O2/c42-41-43-23-15-7-14-22-24(23)32-39-30-21-13-6-5-12-20(21)28(37-30)35-26-17-9-2-1-8-16(17)25(33-26)34-27-18-10-3-4-11-19(18)29(36-27)38-31(22)40-32/h16-40H,1-15H2. The monoisotopic (exact) mass is 597 g/mol. The molecule has 17 atom stereocenters. The summed E-state index contributed by atoms with van der Waals surface area (Å²) in [6.07, 6.45) is 21.0. The van der Waals surface area contributed by atoms with Gasteiger partial charge in [0.05, 0.1) is 49.3 Å². The van der Waals surface area contributed by atoms with Crippen LogP contribution in [0.5, 0.6) is 0 Å². The molecule has 0 aromatic heterocycles. The second-order valence-electron chi connectivity index (χ2n) is 15.9. The highest BCUT2D eigenvalue weighted by molar-refractivity contribution is 5.09. The van der Waals surface area contributed by atoms with Crippen LogP contribution in [0.1, 0.15) is 96.3 Å². The minimum absolute atomic E-state index is 0.0791. The molecule has 5 saturated heterocycles. The van der Waals surface area contributed by atoms with Crippen molar-refractivity contribution in [2.75, 3.05) is 0 Å². The van der Waals surface area contributed by atoms with Crippen molar-refractivity contribution in [3.63, 3.8) is 0 Å². The van der Waals surface area contributed by atoms with E-state index < -0.39 is 0 Å². The summed E-state index contributed by atoms with van der Waals surface area (Å²) >= 11 is 0. The van der Waals surface area contributed by atoms with Gasteiger partial charge in [-0.25, -0.2) is 0 Å². The van der Waals surface area contributed by atoms with Gasteiger partial charge in [0, 0.05) is 5.92 Å². The lowest BCUT2D eigenvalue weighted by atomic mass is 9.75. The molecule has 8 N–H and O–H groups in total. The lowest BCUT2D eigenvalue weighted by Crippen LogP contribution is -2.62. The normalized spacial score (nSPS) is 56.0. The van der Waals surface area contributed by atoms with E-state index in [4.69, 9.17) is 4.84 Å². The summed E-state index contributed by atoms with van der Waals surface area (Å²) in [7, 11) is 0. The number of fused-ring (bicyclic) bond motifs is 20. The first-order valence-electron chi connectivity index (χ1n) is 18.3. The van der Waals surface area contributed by atoms with Crippen LogP contribution < -0.4 is 42.5 Å². The van der Waals surface area contributed by atoms with Gasteiger partial charge in [0.15, 0.2) is 5.34 Å². The van der Waals surface area contributed by atoms with Crippen LogP contribution in [0.4, 0.5) is 0 Å². The van der Waals surface area contributed by atoms with Gasteiger partial charge in [-0.1, -0.05) is 38.5 Å². The number of hydrogen-bond acceptors (Lipinski definition) is 11. The molecule has 17 unspecified atom stereocenters. The minimum atomic E-state index is -0.135. The molecule has 0 aromatic rings. The third kappa shape index (κ3) is 4.91. The number of rotatable bonds is 2. The fourth-order valence-electron chi connectivity index (χ4n) is 12.2. The Kier molecular flexibility index (Phi) is 7.71. The van der Waals surface area contributed by atoms with Crippen molar-refractivity contribution in [3.05, 3.63) is 4.91 Å². The summed E-state index contributed by atoms with van der Waals surface area (Å²) in [5.41, 5.74) is 0. The summed E-state index contributed by atoms with van der Waals surface area (Å²) in [6.45, 7) is 0. The SMILES string of the molecule is O=NOC1CCCC2C3NC4NC(NC5NC(NC6NC(NC(N3)C12)C1CCCCC61)C1CCCCC51)C1CCCCC41. The quantitative estimate of drug-likeness (QED) is 0.177. The molecule has 0 aromatic carbocycles. The lowest BCUT2D eigenvalue weighted by molar-refractivity contribution is -0.0375. The van der Waals surface area contributed by atoms with Gasteiger partial charge in [-0.05, 0) is 99.2 Å². The van der Waals surface area contributed by atoms with Crippen LogP contribution in [0.3, 0.4) is 0 Å². The molecule has 43 heavy (non-hydrogen) atoms. The molecule has 5 aliphatic heterocycles. The van der Waals surface area contributed by atoms with Gasteiger partial charge in [-0.2, -0.15) is 0 Å². The zero-order valence-corrected chi connectivity index (χ0v) is 25.7. The molecule has 0 spiro atoms. The Morgan fingerprint density at radius 1 is 0.372 bits per heavy atom. The highest BCUT2D eigenvalue weighted by Gasteiger charge is 2.56. The van der Waals surface area contributed by atoms with Gasteiger partial charge in [-0.3, -0.25) is 42.5 Å². The topological polar surface area (TPSA) is 135 Å². The molecule has 4 saturated carbocycles. The van der Waals surface area contributed by atoms with Gasteiger partial charge in [0.2, 0.25) is 0 Å². The first-order chi connectivity index (χ1) is 21.2. The average Bonchev–Trinajstić information content (AvgIpc) is 3.77. The number of nitrogens with zero attached hydrogens (tertiary/aromatic N) is 1. The van der Waals surface area contributed by atoms with E-state index in [1.54, 1.807) is 0 Å². The Morgan fingerprint density at radius 2 is 0.674 bits per heavy atom. The number of hydrogen-bond donors (Lipinski definition) is 8.